The minimum absolute atomic E-state index is 0.0153. The van der Waals surface area contributed by atoms with Crippen molar-refractivity contribution < 1.29 is 19.8 Å². The molecule has 0 aliphatic rings. The number of hydrogen-bond acceptors (Lipinski definition) is 2. The highest BCUT2D eigenvalue weighted by Gasteiger charge is 2.10. The SMILES string of the molecule is O=C(O)c1ccc(-c2ccc(Cl)c(C(=O)O)c2)cc1. The van der Waals surface area contributed by atoms with E-state index in [4.69, 9.17) is 21.8 Å². The third-order valence-electron chi connectivity index (χ3n) is 2.66. The minimum Gasteiger partial charge on any atom is -0.478 e. The van der Waals surface area contributed by atoms with Crippen molar-refractivity contribution in [3.8, 4) is 11.1 Å². The molecule has 0 bridgehead atoms. The van der Waals surface area contributed by atoms with Crippen LogP contribution in [0.3, 0.4) is 0 Å². The zero-order valence-corrected chi connectivity index (χ0v) is 10.4. The van der Waals surface area contributed by atoms with Gasteiger partial charge in [-0.1, -0.05) is 29.8 Å². The van der Waals surface area contributed by atoms with Gasteiger partial charge in [0.1, 0.15) is 0 Å². The average Bonchev–Trinajstić information content (AvgIpc) is 2.39. The van der Waals surface area contributed by atoms with Gasteiger partial charge in [0, 0.05) is 0 Å². The van der Waals surface area contributed by atoms with E-state index in [0.29, 0.717) is 5.56 Å². The van der Waals surface area contributed by atoms with Crippen molar-refractivity contribution in [1.29, 1.82) is 0 Å². The summed E-state index contributed by atoms with van der Waals surface area (Å²) in [6.45, 7) is 0. The molecule has 2 aromatic carbocycles. The topological polar surface area (TPSA) is 74.6 Å². The van der Waals surface area contributed by atoms with Crippen LogP contribution in [0.4, 0.5) is 0 Å². The Hall–Kier alpha value is -2.33. The van der Waals surface area contributed by atoms with E-state index >= 15 is 0 Å². The molecule has 2 aromatic rings. The summed E-state index contributed by atoms with van der Waals surface area (Å²) in [4.78, 5) is 21.7. The lowest BCUT2D eigenvalue weighted by Crippen LogP contribution is -1.98. The fourth-order valence-electron chi connectivity index (χ4n) is 1.67. The van der Waals surface area contributed by atoms with Crippen LogP contribution in [0.25, 0.3) is 11.1 Å². The van der Waals surface area contributed by atoms with E-state index in [1.807, 2.05) is 0 Å². The van der Waals surface area contributed by atoms with Gasteiger partial charge in [0.05, 0.1) is 16.1 Å². The number of benzene rings is 2. The molecule has 2 N–H and O–H groups in total. The first kappa shape index (κ1) is 13.1. The summed E-state index contributed by atoms with van der Waals surface area (Å²) in [5.41, 5.74) is 1.58. The Morgan fingerprint density at radius 2 is 1.42 bits per heavy atom. The van der Waals surface area contributed by atoms with Gasteiger partial charge < -0.3 is 10.2 Å². The molecule has 0 unspecified atom stereocenters. The summed E-state index contributed by atoms with van der Waals surface area (Å²) in [5.74, 6) is -2.11. The molecule has 0 amide bonds. The molecule has 0 radical (unpaired) electrons. The van der Waals surface area contributed by atoms with Crippen LogP contribution < -0.4 is 0 Å². The van der Waals surface area contributed by atoms with Crippen molar-refractivity contribution in [3.05, 3.63) is 58.6 Å². The van der Waals surface area contributed by atoms with Crippen molar-refractivity contribution in [3.63, 3.8) is 0 Å². The van der Waals surface area contributed by atoms with Gasteiger partial charge in [-0.25, -0.2) is 9.59 Å². The van der Waals surface area contributed by atoms with E-state index in [-0.39, 0.29) is 16.1 Å². The lowest BCUT2D eigenvalue weighted by atomic mass is 10.0. The first-order valence-electron chi connectivity index (χ1n) is 5.35. The van der Waals surface area contributed by atoms with Crippen LogP contribution >= 0.6 is 11.6 Å². The fourth-order valence-corrected chi connectivity index (χ4v) is 1.87. The number of carboxylic acid groups (broad SMARTS) is 2. The molecule has 0 aromatic heterocycles. The molecule has 4 nitrogen and oxygen atoms in total. The van der Waals surface area contributed by atoms with Gasteiger partial charge in [-0.2, -0.15) is 0 Å². The van der Waals surface area contributed by atoms with E-state index in [1.165, 1.54) is 24.3 Å². The van der Waals surface area contributed by atoms with Crippen LogP contribution in [0.1, 0.15) is 20.7 Å². The Kier molecular flexibility index (Phi) is 3.53. The zero-order chi connectivity index (χ0) is 14.0. The van der Waals surface area contributed by atoms with Crippen molar-refractivity contribution in [1.82, 2.24) is 0 Å². The maximum Gasteiger partial charge on any atom is 0.337 e. The predicted octanol–water partition coefficient (Wildman–Crippen LogP) is 3.40. The molecule has 0 aliphatic heterocycles. The van der Waals surface area contributed by atoms with Gasteiger partial charge in [0.15, 0.2) is 0 Å². The van der Waals surface area contributed by atoms with Gasteiger partial charge >= 0.3 is 11.9 Å². The lowest BCUT2D eigenvalue weighted by molar-refractivity contribution is 0.0686. The Bertz CT molecular complexity index is 647. The van der Waals surface area contributed by atoms with Crippen LogP contribution in [0, 0.1) is 0 Å². The number of hydrogen-bond donors (Lipinski definition) is 2. The summed E-state index contributed by atoms with van der Waals surface area (Å²) in [7, 11) is 0. The zero-order valence-electron chi connectivity index (χ0n) is 9.63. The third kappa shape index (κ3) is 2.74. The molecule has 0 fully saturated rings. The van der Waals surface area contributed by atoms with Gasteiger partial charge in [-0.05, 0) is 35.4 Å². The Morgan fingerprint density at radius 3 is 1.95 bits per heavy atom. The Labute approximate surface area is 113 Å². The molecule has 0 saturated heterocycles. The lowest BCUT2D eigenvalue weighted by Gasteiger charge is -2.05. The van der Waals surface area contributed by atoms with Crippen LogP contribution in [0.15, 0.2) is 42.5 Å². The molecule has 2 rings (SSSR count). The van der Waals surface area contributed by atoms with Crippen molar-refractivity contribution in [2.75, 3.05) is 0 Å². The standard InChI is InChI=1S/C14H9ClO4/c15-12-6-5-10(7-11(12)14(18)19)8-1-3-9(4-2-8)13(16)17/h1-7H,(H,16,17)(H,18,19). The van der Waals surface area contributed by atoms with Gasteiger partial charge in [0.25, 0.3) is 0 Å². The van der Waals surface area contributed by atoms with Gasteiger partial charge in [-0.3, -0.25) is 0 Å². The first-order chi connectivity index (χ1) is 8.99. The Morgan fingerprint density at radius 1 is 0.842 bits per heavy atom. The molecular weight excluding hydrogens is 268 g/mol. The first-order valence-corrected chi connectivity index (χ1v) is 5.73. The second-order valence-corrected chi connectivity index (χ2v) is 4.29. The maximum absolute atomic E-state index is 11.0. The van der Waals surface area contributed by atoms with Crippen molar-refractivity contribution in [2.24, 2.45) is 0 Å². The number of halogens is 1. The minimum atomic E-state index is -1.10. The highest BCUT2D eigenvalue weighted by molar-refractivity contribution is 6.33. The van der Waals surface area contributed by atoms with Crippen LogP contribution in [0.2, 0.25) is 5.02 Å². The van der Waals surface area contributed by atoms with Crippen molar-refractivity contribution >= 4 is 23.5 Å². The molecule has 0 spiro atoms. The van der Waals surface area contributed by atoms with E-state index in [2.05, 4.69) is 0 Å². The summed E-state index contributed by atoms with van der Waals surface area (Å²) >= 11 is 5.79. The quantitative estimate of drug-likeness (QED) is 0.901. The molecule has 96 valence electrons. The molecule has 5 heteroatoms. The third-order valence-corrected chi connectivity index (χ3v) is 2.99. The molecule has 0 saturated carbocycles. The average molecular weight is 277 g/mol. The molecular formula is C14H9ClO4. The molecule has 0 aliphatic carbocycles. The molecule has 0 atom stereocenters. The number of carbonyl (C=O) groups is 2. The smallest absolute Gasteiger partial charge is 0.337 e. The van der Waals surface area contributed by atoms with Crippen LogP contribution in [-0.4, -0.2) is 22.2 Å². The second-order valence-electron chi connectivity index (χ2n) is 3.88. The fraction of sp³-hybridized carbons (Fsp3) is 0. The number of carboxylic acids is 2. The molecule has 0 heterocycles. The number of rotatable bonds is 3. The van der Waals surface area contributed by atoms with E-state index < -0.39 is 11.9 Å². The van der Waals surface area contributed by atoms with Crippen molar-refractivity contribution in [2.45, 2.75) is 0 Å². The highest BCUT2D eigenvalue weighted by Crippen LogP contribution is 2.25. The second kappa shape index (κ2) is 5.12. The Balaban J connectivity index is 2.44. The summed E-state index contributed by atoms with van der Waals surface area (Å²) in [6.07, 6.45) is 0. The number of aromatic carboxylic acids is 2. The summed E-state index contributed by atoms with van der Waals surface area (Å²) in [6, 6.07) is 10.8. The van der Waals surface area contributed by atoms with E-state index in [0.717, 1.165) is 5.56 Å². The largest absolute Gasteiger partial charge is 0.478 e. The monoisotopic (exact) mass is 276 g/mol. The van der Waals surface area contributed by atoms with Gasteiger partial charge in [0.2, 0.25) is 0 Å². The van der Waals surface area contributed by atoms with Crippen LogP contribution in [-0.2, 0) is 0 Å². The summed E-state index contributed by atoms with van der Waals surface area (Å²) < 4.78 is 0. The normalized spacial score (nSPS) is 10.2. The van der Waals surface area contributed by atoms with E-state index in [9.17, 15) is 9.59 Å². The summed E-state index contributed by atoms with van der Waals surface area (Å²) in [5, 5.41) is 18.0. The highest BCUT2D eigenvalue weighted by atomic mass is 35.5. The predicted molar refractivity (Wildman–Crippen MR) is 70.8 cm³/mol. The molecule has 19 heavy (non-hydrogen) atoms. The van der Waals surface area contributed by atoms with E-state index in [1.54, 1.807) is 18.2 Å². The maximum atomic E-state index is 11.0. The van der Waals surface area contributed by atoms with Gasteiger partial charge in [-0.15, -0.1) is 0 Å². The van der Waals surface area contributed by atoms with Crippen LogP contribution in [0.5, 0.6) is 0 Å².